The first-order chi connectivity index (χ1) is 19.2. The van der Waals surface area contributed by atoms with Gasteiger partial charge in [-0.05, 0) is 87.1 Å². The van der Waals surface area contributed by atoms with Crippen LogP contribution in [0.1, 0.15) is 56.6 Å². The number of rotatable bonds is 8. The fourth-order valence-corrected chi connectivity index (χ4v) is 7.21. The minimum atomic E-state index is -3.27. The highest BCUT2D eigenvalue weighted by Crippen LogP contribution is 2.46. The summed E-state index contributed by atoms with van der Waals surface area (Å²) in [4.78, 5) is 13.6. The maximum Gasteiger partial charge on any atom is 0.228 e. The molecule has 0 bridgehead atoms. The molecule has 2 heterocycles. The van der Waals surface area contributed by atoms with E-state index in [-0.39, 0.29) is 11.8 Å². The Kier molecular flexibility index (Phi) is 6.94. The third-order valence-corrected chi connectivity index (χ3v) is 10.8. The van der Waals surface area contributed by atoms with E-state index >= 15 is 0 Å². The standard InChI is InChI=1S/C31H33FN4O3S/c1-20-17-21(19-40(37,38)31(2)13-14-31)24-9-3-4-10-25(24)28(20)39-29-26(11-6-15-33-29)27-12-16-34-30(36-27)35-23-8-5-7-22(32)18-23/h3-4,6,9-12,15-17,22-23H,5,7-8,13-14,18-19H2,1-2H3,(H,34,35,36)/t22-,23-/m1/s1. The molecule has 2 aliphatic carbocycles. The fourth-order valence-electron chi connectivity index (χ4n) is 5.48. The van der Waals surface area contributed by atoms with Crippen LogP contribution in [-0.2, 0) is 15.6 Å². The van der Waals surface area contributed by atoms with Gasteiger partial charge in [-0.1, -0.05) is 30.3 Å². The molecule has 2 fully saturated rings. The molecule has 0 saturated heterocycles. The van der Waals surface area contributed by atoms with Crippen molar-refractivity contribution < 1.29 is 17.5 Å². The second-order valence-corrected chi connectivity index (χ2v) is 13.8. The number of nitrogens with one attached hydrogen (secondary N) is 1. The van der Waals surface area contributed by atoms with Gasteiger partial charge in [0.25, 0.3) is 0 Å². The molecular weight excluding hydrogens is 527 g/mol. The van der Waals surface area contributed by atoms with Crippen molar-refractivity contribution in [1.29, 1.82) is 0 Å². The Morgan fingerprint density at radius 2 is 1.85 bits per heavy atom. The number of aryl methyl sites for hydroxylation is 1. The van der Waals surface area contributed by atoms with Crippen LogP contribution < -0.4 is 10.1 Å². The van der Waals surface area contributed by atoms with E-state index in [1.54, 1.807) is 18.5 Å². The highest BCUT2D eigenvalue weighted by molar-refractivity contribution is 7.92. The van der Waals surface area contributed by atoms with Crippen LogP contribution in [0.2, 0.25) is 0 Å². The Labute approximate surface area is 234 Å². The number of hydrogen-bond acceptors (Lipinski definition) is 7. The molecule has 0 spiro atoms. The summed E-state index contributed by atoms with van der Waals surface area (Å²) in [5.41, 5.74) is 2.93. The molecule has 2 atom stereocenters. The van der Waals surface area contributed by atoms with Gasteiger partial charge >= 0.3 is 0 Å². The van der Waals surface area contributed by atoms with Crippen LogP contribution in [0, 0.1) is 6.92 Å². The second-order valence-electron chi connectivity index (χ2n) is 11.3. The molecule has 9 heteroatoms. The number of ether oxygens (including phenoxy) is 1. The topological polar surface area (TPSA) is 94.1 Å². The van der Waals surface area contributed by atoms with E-state index in [2.05, 4.69) is 15.3 Å². The number of hydrogen-bond donors (Lipinski definition) is 1. The molecule has 0 aliphatic heterocycles. The van der Waals surface area contributed by atoms with Crippen LogP contribution >= 0.6 is 0 Å². The SMILES string of the molecule is Cc1cc(CS(=O)(=O)C2(C)CC2)c2ccccc2c1Oc1ncccc1-c1ccnc(N[C@@H]2CCC[C@@H](F)C2)n1. The number of alkyl halides is 1. The summed E-state index contributed by atoms with van der Waals surface area (Å²) in [5.74, 6) is 1.45. The fraction of sp³-hybridized carbons (Fsp3) is 0.387. The van der Waals surface area contributed by atoms with Gasteiger partial charge in [0.2, 0.25) is 11.8 Å². The van der Waals surface area contributed by atoms with Crippen molar-refractivity contribution >= 4 is 26.6 Å². The average molecular weight is 561 g/mol. The predicted molar refractivity (Wildman–Crippen MR) is 155 cm³/mol. The van der Waals surface area contributed by atoms with Crippen molar-refractivity contribution in [2.45, 2.75) is 75.1 Å². The van der Waals surface area contributed by atoms with Gasteiger partial charge in [0.15, 0.2) is 9.84 Å². The lowest BCUT2D eigenvalue weighted by Gasteiger charge is -2.25. The number of nitrogens with zero attached hydrogens (tertiary/aromatic N) is 3. The molecule has 2 saturated carbocycles. The highest BCUT2D eigenvalue weighted by atomic mass is 32.2. The van der Waals surface area contributed by atoms with E-state index in [1.807, 2.05) is 56.3 Å². The Morgan fingerprint density at radius 3 is 2.62 bits per heavy atom. The first-order valence-corrected chi connectivity index (χ1v) is 15.5. The van der Waals surface area contributed by atoms with Gasteiger partial charge in [0, 0.05) is 23.8 Å². The lowest BCUT2D eigenvalue weighted by atomic mass is 9.94. The van der Waals surface area contributed by atoms with Crippen molar-refractivity contribution in [1.82, 2.24) is 15.0 Å². The van der Waals surface area contributed by atoms with Crippen molar-refractivity contribution in [2.75, 3.05) is 5.32 Å². The molecule has 7 nitrogen and oxygen atoms in total. The lowest BCUT2D eigenvalue weighted by molar-refractivity contribution is 0.239. The minimum absolute atomic E-state index is 0.000823. The summed E-state index contributed by atoms with van der Waals surface area (Å²) in [6.45, 7) is 3.76. The smallest absolute Gasteiger partial charge is 0.228 e. The zero-order valence-electron chi connectivity index (χ0n) is 22.7. The van der Waals surface area contributed by atoms with E-state index in [0.29, 0.717) is 54.5 Å². The van der Waals surface area contributed by atoms with Gasteiger partial charge in [-0.2, -0.15) is 0 Å². The molecule has 0 unspecified atom stereocenters. The Hall–Kier alpha value is -3.59. The van der Waals surface area contributed by atoms with Gasteiger partial charge in [-0.3, -0.25) is 0 Å². The molecule has 0 amide bonds. The summed E-state index contributed by atoms with van der Waals surface area (Å²) >= 11 is 0. The van der Waals surface area contributed by atoms with Gasteiger partial charge in [0.05, 0.1) is 21.8 Å². The number of pyridine rings is 1. The normalized spacial score (nSPS) is 20.3. The lowest BCUT2D eigenvalue weighted by Crippen LogP contribution is -2.28. The Bertz CT molecular complexity index is 1670. The summed E-state index contributed by atoms with van der Waals surface area (Å²) < 4.78 is 46.0. The average Bonchev–Trinajstić information content (AvgIpc) is 3.70. The van der Waals surface area contributed by atoms with Gasteiger partial charge in [-0.15, -0.1) is 0 Å². The van der Waals surface area contributed by atoms with Crippen LogP contribution in [-0.4, -0.2) is 40.3 Å². The summed E-state index contributed by atoms with van der Waals surface area (Å²) in [7, 11) is -3.27. The van der Waals surface area contributed by atoms with Crippen LogP contribution in [0.25, 0.3) is 22.0 Å². The molecule has 2 aliphatic rings. The van der Waals surface area contributed by atoms with Crippen molar-refractivity contribution in [3.8, 4) is 22.9 Å². The number of sulfone groups is 1. The van der Waals surface area contributed by atoms with Gasteiger partial charge in [-0.25, -0.2) is 27.8 Å². The van der Waals surface area contributed by atoms with Gasteiger partial charge in [0.1, 0.15) is 11.9 Å². The minimum Gasteiger partial charge on any atom is -0.437 e. The molecule has 1 N–H and O–H groups in total. The molecular formula is C31H33FN4O3S. The number of anilines is 1. The summed E-state index contributed by atoms with van der Waals surface area (Å²) in [5, 5.41) is 4.97. The first-order valence-electron chi connectivity index (χ1n) is 13.8. The third-order valence-electron chi connectivity index (χ3n) is 8.16. The Balaban J connectivity index is 1.33. The highest BCUT2D eigenvalue weighted by Gasteiger charge is 2.49. The summed E-state index contributed by atoms with van der Waals surface area (Å²) in [6.07, 6.45) is 6.77. The number of fused-ring (bicyclic) bond motifs is 1. The predicted octanol–water partition coefficient (Wildman–Crippen LogP) is 6.95. The van der Waals surface area contributed by atoms with Crippen LogP contribution in [0.4, 0.5) is 10.3 Å². The monoisotopic (exact) mass is 560 g/mol. The second kappa shape index (κ2) is 10.4. The largest absolute Gasteiger partial charge is 0.437 e. The van der Waals surface area contributed by atoms with Crippen LogP contribution in [0.5, 0.6) is 11.6 Å². The summed E-state index contributed by atoms with van der Waals surface area (Å²) in [6, 6.07) is 15.2. The van der Waals surface area contributed by atoms with Crippen LogP contribution in [0.15, 0.2) is 60.9 Å². The molecule has 2 aromatic carbocycles. The molecule has 4 aromatic rings. The number of aromatic nitrogens is 3. The van der Waals surface area contributed by atoms with Gasteiger partial charge < -0.3 is 10.1 Å². The maximum atomic E-state index is 13.9. The van der Waals surface area contributed by atoms with Crippen molar-refractivity contribution in [3.05, 3.63) is 72.1 Å². The van der Waals surface area contributed by atoms with E-state index in [1.165, 1.54) is 0 Å². The third kappa shape index (κ3) is 5.27. The van der Waals surface area contributed by atoms with Crippen LogP contribution in [0.3, 0.4) is 0 Å². The molecule has 6 rings (SSSR count). The maximum absolute atomic E-state index is 13.9. The zero-order valence-corrected chi connectivity index (χ0v) is 23.5. The number of halogens is 1. The van der Waals surface area contributed by atoms with E-state index < -0.39 is 20.8 Å². The molecule has 0 radical (unpaired) electrons. The van der Waals surface area contributed by atoms with E-state index in [9.17, 15) is 12.8 Å². The zero-order chi connectivity index (χ0) is 27.9. The molecule has 40 heavy (non-hydrogen) atoms. The van der Waals surface area contributed by atoms with Crippen molar-refractivity contribution in [2.24, 2.45) is 0 Å². The quantitative estimate of drug-likeness (QED) is 0.249. The van der Waals surface area contributed by atoms with Crippen molar-refractivity contribution in [3.63, 3.8) is 0 Å². The Morgan fingerprint density at radius 1 is 1.05 bits per heavy atom. The molecule has 208 valence electrons. The number of benzene rings is 2. The van der Waals surface area contributed by atoms with E-state index in [4.69, 9.17) is 9.72 Å². The first kappa shape index (κ1) is 26.6. The van der Waals surface area contributed by atoms with E-state index in [0.717, 1.165) is 34.7 Å². The molecule has 2 aromatic heterocycles.